The van der Waals surface area contributed by atoms with Crippen LogP contribution in [0.1, 0.15) is 11.1 Å². The molecule has 0 N–H and O–H groups in total. The zero-order valence-electron chi connectivity index (χ0n) is 11.9. The molecule has 0 spiro atoms. The molecule has 2 heterocycles. The van der Waals surface area contributed by atoms with E-state index in [1.54, 1.807) is 0 Å². The maximum atomic E-state index is 11.6. The molecule has 1 fully saturated rings. The van der Waals surface area contributed by atoms with Crippen LogP contribution in [-0.4, -0.2) is 50.4 Å². The normalized spacial score (nSPS) is 21.7. The summed E-state index contributed by atoms with van der Waals surface area (Å²) in [7, 11) is 1.38. The number of hydrogen-bond donors (Lipinski definition) is 0. The third-order valence-electron chi connectivity index (χ3n) is 3.83. The predicted molar refractivity (Wildman–Crippen MR) is 77.7 cm³/mol. The largest absolute Gasteiger partial charge is 0.493 e. The minimum absolute atomic E-state index is 0.327. The maximum Gasteiger partial charge on any atom is 0.336 e. The van der Waals surface area contributed by atoms with Crippen molar-refractivity contribution in [2.75, 3.05) is 33.4 Å². The number of halogens is 1. The summed E-state index contributed by atoms with van der Waals surface area (Å²) < 4.78 is 15.9. The van der Waals surface area contributed by atoms with E-state index in [2.05, 4.69) is 4.90 Å². The summed E-state index contributed by atoms with van der Waals surface area (Å²) in [6, 6.07) is 3.90. The van der Waals surface area contributed by atoms with Crippen molar-refractivity contribution >= 4 is 17.6 Å². The first-order valence-electron chi connectivity index (χ1n) is 7.03. The average molecular weight is 312 g/mol. The summed E-state index contributed by atoms with van der Waals surface area (Å²) in [4.78, 5) is 13.8. The van der Waals surface area contributed by atoms with Crippen molar-refractivity contribution in [3.63, 3.8) is 0 Å². The molecule has 0 radical (unpaired) electrons. The molecule has 1 saturated heterocycles. The van der Waals surface area contributed by atoms with E-state index in [1.165, 1.54) is 7.11 Å². The van der Waals surface area contributed by atoms with Crippen LogP contribution in [0, 0.1) is 0 Å². The number of benzene rings is 1. The molecule has 114 valence electrons. The van der Waals surface area contributed by atoms with Crippen LogP contribution < -0.4 is 4.74 Å². The van der Waals surface area contributed by atoms with Crippen LogP contribution in [-0.2, 0) is 27.2 Å². The number of hydrogen-bond acceptors (Lipinski definition) is 5. The van der Waals surface area contributed by atoms with Crippen molar-refractivity contribution in [2.24, 2.45) is 0 Å². The standard InChI is InChI=1S/C15H18ClNO4/c1-19-15(18)13-9-17(3-5-20-13)8-11-7-12(16)6-10-2-4-21-14(10)11/h6-7,13H,2-5,8-9H2,1H3. The molecule has 1 atom stereocenters. The van der Waals surface area contributed by atoms with E-state index in [1.807, 2.05) is 12.1 Å². The number of esters is 1. The molecule has 1 aromatic carbocycles. The van der Waals surface area contributed by atoms with E-state index in [4.69, 9.17) is 25.8 Å². The van der Waals surface area contributed by atoms with E-state index in [0.717, 1.165) is 34.9 Å². The average Bonchev–Trinajstić information content (AvgIpc) is 2.95. The molecule has 0 aliphatic carbocycles. The number of nitrogens with zero attached hydrogens (tertiary/aromatic N) is 1. The van der Waals surface area contributed by atoms with Gasteiger partial charge in [-0.3, -0.25) is 4.90 Å². The Morgan fingerprint density at radius 3 is 3.14 bits per heavy atom. The molecular formula is C15H18ClNO4. The fourth-order valence-corrected chi connectivity index (χ4v) is 3.09. The minimum atomic E-state index is -0.517. The number of carbonyl (C=O) groups excluding carboxylic acids is 1. The highest BCUT2D eigenvalue weighted by atomic mass is 35.5. The number of ether oxygens (including phenoxy) is 3. The second-order valence-electron chi connectivity index (χ2n) is 5.27. The van der Waals surface area contributed by atoms with Gasteiger partial charge in [0.25, 0.3) is 0 Å². The molecule has 0 saturated carbocycles. The Labute approximate surface area is 128 Å². The Bertz CT molecular complexity index is 549. The molecule has 0 amide bonds. The molecule has 1 unspecified atom stereocenters. The van der Waals surface area contributed by atoms with Crippen molar-refractivity contribution < 1.29 is 19.0 Å². The lowest BCUT2D eigenvalue weighted by Crippen LogP contribution is -2.46. The van der Waals surface area contributed by atoms with Gasteiger partial charge in [-0.25, -0.2) is 4.79 Å². The Hall–Kier alpha value is -1.30. The van der Waals surface area contributed by atoms with Gasteiger partial charge in [0, 0.05) is 36.6 Å². The van der Waals surface area contributed by atoms with Crippen molar-refractivity contribution in [3.05, 3.63) is 28.3 Å². The second kappa shape index (κ2) is 6.22. The van der Waals surface area contributed by atoms with Gasteiger partial charge in [0.2, 0.25) is 0 Å². The zero-order valence-corrected chi connectivity index (χ0v) is 12.7. The lowest BCUT2D eigenvalue weighted by Gasteiger charge is -2.31. The summed E-state index contributed by atoms with van der Waals surface area (Å²) in [5, 5.41) is 0.729. The van der Waals surface area contributed by atoms with Gasteiger partial charge in [0.15, 0.2) is 6.10 Å². The molecule has 1 aromatic rings. The van der Waals surface area contributed by atoms with E-state index in [9.17, 15) is 4.79 Å². The molecule has 0 bridgehead atoms. The van der Waals surface area contributed by atoms with Gasteiger partial charge >= 0.3 is 5.97 Å². The van der Waals surface area contributed by atoms with Crippen molar-refractivity contribution in [2.45, 2.75) is 19.1 Å². The Balaban J connectivity index is 1.73. The first-order valence-corrected chi connectivity index (χ1v) is 7.41. The topological polar surface area (TPSA) is 48.0 Å². The first-order chi connectivity index (χ1) is 10.2. The molecule has 2 aliphatic heterocycles. The Kier molecular flexibility index (Phi) is 4.33. The van der Waals surface area contributed by atoms with Gasteiger partial charge in [-0.05, 0) is 17.7 Å². The van der Waals surface area contributed by atoms with Crippen molar-refractivity contribution in [3.8, 4) is 5.75 Å². The van der Waals surface area contributed by atoms with Crippen LogP contribution in [0.4, 0.5) is 0 Å². The molecule has 5 nitrogen and oxygen atoms in total. The molecule has 2 aliphatic rings. The predicted octanol–water partition coefficient (Wildman–Crippen LogP) is 1.65. The number of carbonyl (C=O) groups is 1. The summed E-state index contributed by atoms with van der Waals surface area (Å²) in [6.45, 7) is 3.21. The molecule has 6 heteroatoms. The zero-order chi connectivity index (χ0) is 14.8. The minimum Gasteiger partial charge on any atom is -0.493 e. The van der Waals surface area contributed by atoms with Crippen LogP contribution >= 0.6 is 11.6 Å². The summed E-state index contributed by atoms with van der Waals surface area (Å²) >= 11 is 6.17. The van der Waals surface area contributed by atoms with Gasteiger partial charge in [-0.2, -0.15) is 0 Å². The Morgan fingerprint density at radius 2 is 2.33 bits per heavy atom. The molecular weight excluding hydrogens is 294 g/mol. The van der Waals surface area contributed by atoms with E-state index in [-0.39, 0.29) is 5.97 Å². The highest BCUT2D eigenvalue weighted by Crippen LogP contribution is 2.33. The SMILES string of the molecule is COC(=O)C1CN(Cc2cc(Cl)cc3c2OCC3)CCO1. The van der Waals surface area contributed by atoms with Gasteiger partial charge in [-0.15, -0.1) is 0 Å². The van der Waals surface area contributed by atoms with Crippen LogP contribution in [0.3, 0.4) is 0 Å². The number of morpholine rings is 1. The number of methoxy groups -OCH3 is 1. The smallest absolute Gasteiger partial charge is 0.336 e. The number of rotatable bonds is 3. The van der Waals surface area contributed by atoms with Crippen LogP contribution in [0.5, 0.6) is 5.75 Å². The van der Waals surface area contributed by atoms with Gasteiger partial charge in [0.1, 0.15) is 5.75 Å². The molecule has 0 aromatic heterocycles. The lowest BCUT2D eigenvalue weighted by molar-refractivity contribution is -0.160. The first kappa shape index (κ1) is 14.6. The van der Waals surface area contributed by atoms with Crippen LogP contribution in [0.25, 0.3) is 0 Å². The fourth-order valence-electron chi connectivity index (χ4n) is 2.82. The third-order valence-corrected chi connectivity index (χ3v) is 4.05. The van der Waals surface area contributed by atoms with Gasteiger partial charge < -0.3 is 14.2 Å². The Morgan fingerprint density at radius 1 is 1.48 bits per heavy atom. The second-order valence-corrected chi connectivity index (χ2v) is 5.71. The molecule has 21 heavy (non-hydrogen) atoms. The monoisotopic (exact) mass is 311 g/mol. The molecule has 3 rings (SSSR count). The van der Waals surface area contributed by atoms with Gasteiger partial charge in [-0.1, -0.05) is 11.6 Å². The highest BCUT2D eigenvalue weighted by Gasteiger charge is 2.28. The fraction of sp³-hybridized carbons (Fsp3) is 0.533. The van der Waals surface area contributed by atoms with Crippen LogP contribution in [0.2, 0.25) is 5.02 Å². The van der Waals surface area contributed by atoms with E-state index in [0.29, 0.717) is 26.3 Å². The van der Waals surface area contributed by atoms with Crippen molar-refractivity contribution in [1.82, 2.24) is 4.90 Å². The van der Waals surface area contributed by atoms with Gasteiger partial charge in [0.05, 0.1) is 20.3 Å². The lowest BCUT2D eigenvalue weighted by atomic mass is 10.1. The van der Waals surface area contributed by atoms with Crippen LogP contribution in [0.15, 0.2) is 12.1 Å². The summed E-state index contributed by atoms with van der Waals surface area (Å²) in [6.07, 6.45) is 0.383. The number of fused-ring (bicyclic) bond motifs is 1. The third kappa shape index (κ3) is 3.15. The quantitative estimate of drug-likeness (QED) is 0.794. The van der Waals surface area contributed by atoms with E-state index >= 15 is 0 Å². The van der Waals surface area contributed by atoms with Crippen molar-refractivity contribution in [1.29, 1.82) is 0 Å². The van der Waals surface area contributed by atoms with E-state index < -0.39 is 6.10 Å². The summed E-state index contributed by atoms with van der Waals surface area (Å²) in [5.41, 5.74) is 2.23. The maximum absolute atomic E-state index is 11.6. The summed E-state index contributed by atoms with van der Waals surface area (Å²) in [5.74, 6) is 0.618. The highest BCUT2D eigenvalue weighted by molar-refractivity contribution is 6.30.